The quantitative estimate of drug-likeness (QED) is 0.862. The molecule has 0 saturated heterocycles. The maximum atomic E-state index is 12.2. The van der Waals surface area contributed by atoms with Gasteiger partial charge in [-0.2, -0.15) is 0 Å². The van der Waals surface area contributed by atoms with Gasteiger partial charge in [-0.05, 0) is 31.9 Å². The van der Waals surface area contributed by atoms with Crippen LogP contribution in [-0.4, -0.2) is 32.0 Å². The standard InChI is InChI=1S/C16H20N4OS/c1-12(15(21)18-13-7-5-6-8-13)22-16-17-11-20(19-16)14-9-3-2-4-10-14/h2-4,9-13H,5-8H2,1H3,(H,18,21). The second-order valence-corrected chi connectivity index (χ2v) is 6.87. The van der Waals surface area contributed by atoms with E-state index in [0.29, 0.717) is 11.2 Å². The first-order valence-electron chi connectivity index (χ1n) is 7.66. The third-order valence-electron chi connectivity index (χ3n) is 3.84. The molecule has 0 bridgehead atoms. The molecule has 1 fully saturated rings. The molecule has 1 saturated carbocycles. The van der Waals surface area contributed by atoms with Crippen molar-refractivity contribution in [1.29, 1.82) is 0 Å². The minimum Gasteiger partial charge on any atom is -0.352 e. The Bertz CT molecular complexity index is 622. The van der Waals surface area contributed by atoms with Crippen LogP contribution in [0.4, 0.5) is 0 Å². The van der Waals surface area contributed by atoms with Gasteiger partial charge in [-0.25, -0.2) is 9.67 Å². The lowest BCUT2D eigenvalue weighted by molar-refractivity contribution is -0.120. The number of nitrogens with one attached hydrogen (secondary N) is 1. The third-order valence-corrected chi connectivity index (χ3v) is 4.81. The Morgan fingerprint density at radius 3 is 2.77 bits per heavy atom. The molecule has 1 N–H and O–H groups in total. The molecule has 1 atom stereocenters. The Balaban J connectivity index is 1.58. The molecule has 0 radical (unpaired) electrons. The number of benzene rings is 1. The molecule has 22 heavy (non-hydrogen) atoms. The summed E-state index contributed by atoms with van der Waals surface area (Å²) in [6.45, 7) is 1.90. The lowest BCUT2D eigenvalue weighted by Crippen LogP contribution is -2.37. The zero-order chi connectivity index (χ0) is 15.4. The molecule has 1 heterocycles. The fourth-order valence-corrected chi connectivity index (χ4v) is 3.34. The summed E-state index contributed by atoms with van der Waals surface area (Å²) >= 11 is 1.40. The van der Waals surface area contributed by atoms with Gasteiger partial charge in [0.15, 0.2) is 0 Å². The zero-order valence-electron chi connectivity index (χ0n) is 12.6. The van der Waals surface area contributed by atoms with Crippen molar-refractivity contribution in [2.24, 2.45) is 0 Å². The first kappa shape index (κ1) is 15.1. The summed E-state index contributed by atoms with van der Waals surface area (Å²) in [6.07, 6.45) is 6.32. The SMILES string of the molecule is CC(Sc1ncn(-c2ccccc2)n1)C(=O)NC1CCCC1. The summed E-state index contributed by atoms with van der Waals surface area (Å²) in [5, 5.41) is 7.97. The second-order valence-electron chi connectivity index (χ2n) is 5.56. The number of hydrogen-bond acceptors (Lipinski definition) is 4. The van der Waals surface area contributed by atoms with Gasteiger partial charge in [-0.1, -0.05) is 42.8 Å². The van der Waals surface area contributed by atoms with Crippen molar-refractivity contribution in [2.75, 3.05) is 0 Å². The van der Waals surface area contributed by atoms with Gasteiger partial charge in [0.05, 0.1) is 10.9 Å². The van der Waals surface area contributed by atoms with Crippen LogP contribution in [0, 0.1) is 0 Å². The van der Waals surface area contributed by atoms with Crippen molar-refractivity contribution < 1.29 is 4.79 Å². The van der Waals surface area contributed by atoms with Crippen LogP contribution in [0.1, 0.15) is 32.6 Å². The largest absolute Gasteiger partial charge is 0.352 e. The number of nitrogens with zero attached hydrogens (tertiary/aromatic N) is 3. The topological polar surface area (TPSA) is 59.8 Å². The van der Waals surface area contributed by atoms with Gasteiger partial charge in [0, 0.05) is 6.04 Å². The highest BCUT2D eigenvalue weighted by Gasteiger charge is 2.22. The highest BCUT2D eigenvalue weighted by Crippen LogP contribution is 2.22. The molecule has 116 valence electrons. The number of carbonyl (C=O) groups excluding carboxylic acids is 1. The van der Waals surface area contributed by atoms with Crippen molar-refractivity contribution in [1.82, 2.24) is 20.1 Å². The maximum absolute atomic E-state index is 12.2. The van der Waals surface area contributed by atoms with E-state index >= 15 is 0 Å². The number of para-hydroxylation sites is 1. The van der Waals surface area contributed by atoms with Crippen LogP contribution < -0.4 is 5.32 Å². The number of hydrogen-bond donors (Lipinski definition) is 1. The molecule has 0 spiro atoms. The second kappa shape index (κ2) is 6.96. The van der Waals surface area contributed by atoms with E-state index in [0.717, 1.165) is 18.5 Å². The van der Waals surface area contributed by atoms with Crippen LogP contribution in [-0.2, 0) is 4.79 Å². The van der Waals surface area contributed by atoms with E-state index in [-0.39, 0.29) is 11.2 Å². The summed E-state index contributed by atoms with van der Waals surface area (Å²) in [5.41, 5.74) is 0.963. The molecule has 3 rings (SSSR count). The van der Waals surface area contributed by atoms with E-state index in [1.54, 1.807) is 11.0 Å². The first-order valence-corrected chi connectivity index (χ1v) is 8.54. The van der Waals surface area contributed by atoms with Crippen LogP contribution in [0.3, 0.4) is 0 Å². The smallest absolute Gasteiger partial charge is 0.233 e. The Labute approximate surface area is 134 Å². The highest BCUT2D eigenvalue weighted by atomic mass is 32.2. The lowest BCUT2D eigenvalue weighted by Gasteiger charge is -2.15. The minimum absolute atomic E-state index is 0.0768. The van der Waals surface area contributed by atoms with Gasteiger partial charge in [-0.15, -0.1) is 5.10 Å². The van der Waals surface area contributed by atoms with Crippen molar-refractivity contribution in [2.45, 2.75) is 49.1 Å². The van der Waals surface area contributed by atoms with Crippen LogP contribution in [0.25, 0.3) is 5.69 Å². The van der Waals surface area contributed by atoms with E-state index in [2.05, 4.69) is 15.4 Å². The normalized spacial score (nSPS) is 16.6. The minimum atomic E-state index is -0.188. The fraction of sp³-hybridized carbons (Fsp3) is 0.438. The summed E-state index contributed by atoms with van der Waals surface area (Å²) in [6, 6.07) is 10.2. The Hall–Kier alpha value is -1.82. The zero-order valence-corrected chi connectivity index (χ0v) is 13.4. The van der Waals surface area contributed by atoms with E-state index in [9.17, 15) is 4.79 Å². The number of thioether (sulfide) groups is 1. The molecule has 1 aliphatic rings. The van der Waals surface area contributed by atoms with Crippen molar-refractivity contribution in [3.8, 4) is 5.69 Å². The Kier molecular flexibility index (Phi) is 4.77. The summed E-state index contributed by atoms with van der Waals surface area (Å²) in [4.78, 5) is 16.5. The van der Waals surface area contributed by atoms with E-state index < -0.39 is 0 Å². The van der Waals surface area contributed by atoms with Gasteiger partial charge in [0.2, 0.25) is 11.1 Å². The predicted octanol–water partition coefficient (Wildman–Crippen LogP) is 2.81. The number of rotatable bonds is 5. The predicted molar refractivity (Wildman–Crippen MR) is 87.1 cm³/mol. The molecule has 0 aliphatic heterocycles. The van der Waals surface area contributed by atoms with Gasteiger partial charge in [-0.3, -0.25) is 4.79 Å². The summed E-state index contributed by atoms with van der Waals surface area (Å²) in [7, 11) is 0. The summed E-state index contributed by atoms with van der Waals surface area (Å²) in [5.74, 6) is 0.0768. The number of aromatic nitrogens is 3. The monoisotopic (exact) mass is 316 g/mol. The third kappa shape index (κ3) is 3.68. The Morgan fingerprint density at radius 1 is 1.32 bits per heavy atom. The van der Waals surface area contributed by atoms with Crippen LogP contribution in [0.2, 0.25) is 0 Å². The fourth-order valence-electron chi connectivity index (χ4n) is 2.61. The van der Waals surface area contributed by atoms with Crippen LogP contribution in [0.5, 0.6) is 0 Å². The van der Waals surface area contributed by atoms with Gasteiger partial charge in [0.25, 0.3) is 0 Å². The molecule has 1 amide bonds. The average Bonchev–Trinajstić information content (AvgIpc) is 3.20. The molecular formula is C16H20N4OS. The molecule has 1 aromatic carbocycles. The molecule has 1 unspecified atom stereocenters. The molecule has 6 heteroatoms. The number of carbonyl (C=O) groups is 1. The first-order chi connectivity index (χ1) is 10.7. The maximum Gasteiger partial charge on any atom is 0.233 e. The van der Waals surface area contributed by atoms with Gasteiger partial charge in [0.1, 0.15) is 6.33 Å². The van der Waals surface area contributed by atoms with Crippen LogP contribution in [0.15, 0.2) is 41.8 Å². The molecule has 1 aromatic heterocycles. The summed E-state index contributed by atoms with van der Waals surface area (Å²) < 4.78 is 1.73. The Morgan fingerprint density at radius 2 is 2.05 bits per heavy atom. The van der Waals surface area contributed by atoms with Crippen molar-refractivity contribution >= 4 is 17.7 Å². The van der Waals surface area contributed by atoms with Gasteiger partial charge < -0.3 is 5.32 Å². The van der Waals surface area contributed by atoms with Gasteiger partial charge >= 0.3 is 0 Å². The number of amides is 1. The molecule has 5 nitrogen and oxygen atoms in total. The molecule has 1 aliphatic carbocycles. The highest BCUT2D eigenvalue weighted by molar-refractivity contribution is 8.00. The van der Waals surface area contributed by atoms with Crippen molar-refractivity contribution in [3.05, 3.63) is 36.7 Å². The molecule has 2 aromatic rings. The lowest BCUT2D eigenvalue weighted by atomic mass is 10.2. The van der Waals surface area contributed by atoms with E-state index in [1.807, 2.05) is 37.3 Å². The van der Waals surface area contributed by atoms with Crippen LogP contribution >= 0.6 is 11.8 Å². The van der Waals surface area contributed by atoms with E-state index in [4.69, 9.17) is 0 Å². The van der Waals surface area contributed by atoms with Crippen molar-refractivity contribution in [3.63, 3.8) is 0 Å². The molecular weight excluding hydrogens is 296 g/mol. The van der Waals surface area contributed by atoms with E-state index in [1.165, 1.54) is 24.6 Å². The average molecular weight is 316 g/mol.